The number of thiophene rings is 1. The summed E-state index contributed by atoms with van der Waals surface area (Å²) >= 11 is 1.16. The Kier molecular flexibility index (Phi) is 3.87. The van der Waals surface area contributed by atoms with Crippen LogP contribution in [0.2, 0.25) is 0 Å². The predicted molar refractivity (Wildman–Crippen MR) is 67.4 cm³/mol. The molecular weight excluding hydrogens is 258 g/mol. The highest BCUT2D eigenvalue weighted by molar-refractivity contribution is 7.91. The van der Waals surface area contributed by atoms with Gasteiger partial charge in [0.25, 0.3) is 10.0 Å². The van der Waals surface area contributed by atoms with Gasteiger partial charge in [-0.1, -0.05) is 13.3 Å². The Morgan fingerprint density at radius 1 is 1.53 bits per heavy atom. The molecule has 1 aromatic rings. The normalized spacial score (nSPS) is 22.1. The Balaban J connectivity index is 2.19. The molecule has 1 aliphatic heterocycles. The Hall–Kier alpha value is -0.430. The Morgan fingerprint density at radius 2 is 2.29 bits per heavy atom. The highest BCUT2D eigenvalue weighted by Crippen LogP contribution is 2.29. The third-order valence-electron chi connectivity index (χ3n) is 3.21. The molecule has 17 heavy (non-hydrogen) atoms. The highest BCUT2D eigenvalue weighted by Gasteiger charge is 2.32. The molecule has 1 N–H and O–H groups in total. The average Bonchev–Trinajstić information content (AvgIpc) is 2.98. The molecule has 0 aromatic carbocycles. The summed E-state index contributed by atoms with van der Waals surface area (Å²) in [7, 11) is -3.33. The maximum atomic E-state index is 12.3. The van der Waals surface area contributed by atoms with Crippen molar-refractivity contribution in [2.75, 3.05) is 13.1 Å². The summed E-state index contributed by atoms with van der Waals surface area (Å²) in [5.74, 6) is 0.488. The lowest BCUT2D eigenvalue weighted by atomic mass is 10.1. The van der Waals surface area contributed by atoms with Crippen LogP contribution in [0, 0.1) is 5.92 Å². The molecule has 0 bridgehead atoms. The standard InChI is InChI=1S/C11H17NO3S2/c1-2-9-5-6-12(7-9)17(14,15)11-4-3-10(8-13)16-11/h3-4,9,13H,2,5-8H2,1H3. The molecule has 1 atom stereocenters. The summed E-state index contributed by atoms with van der Waals surface area (Å²) in [4.78, 5) is 0.690. The lowest BCUT2D eigenvalue weighted by Gasteiger charge is -2.14. The van der Waals surface area contributed by atoms with Crippen LogP contribution in [0.3, 0.4) is 0 Å². The predicted octanol–water partition coefficient (Wildman–Crippen LogP) is 1.66. The van der Waals surface area contributed by atoms with Crippen molar-refractivity contribution in [3.63, 3.8) is 0 Å². The number of aliphatic hydroxyl groups is 1. The minimum atomic E-state index is -3.33. The molecule has 1 saturated heterocycles. The molecule has 1 aromatic heterocycles. The first-order chi connectivity index (χ1) is 8.07. The molecule has 1 unspecified atom stereocenters. The van der Waals surface area contributed by atoms with E-state index >= 15 is 0 Å². The zero-order valence-electron chi connectivity index (χ0n) is 9.80. The van der Waals surface area contributed by atoms with Gasteiger partial charge in [0.15, 0.2) is 0 Å². The average molecular weight is 275 g/mol. The number of nitrogens with zero attached hydrogens (tertiary/aromatic N) is 1. The van der Waals surface area contributed by atoms with E-state index in [1.165, 1.54) is 0 Å². The largest absolute Gasteiger partial charge is 0.391 e. The zero-order chi connectivity index (χ0) is 12.5. The molecule has 1 fully saturated rings. The van der Waals surface area contributed by atoms with Crippen molar-refractivity contribution in [2.24, 2.45) is 5.92 Å². The Labute approximate surface area is 106 Å². The minimum Gasteiger partial charge on any atom is -0.391 e. The molecule has 2 heterocycles. The van der Waals surface area contributed by atoms with Crippen molar-refractivity contribution in [3.8, 4) is 0 Å². The summed E-state index contributed by atoms with van der Waals surface area (Å²) in [6.07, 6.45) is 1.98. The number of aliphatic hydroxyl groups excluding tert-OH is 1. The van der Waals surface area contributed by atoms with E-state index in [1.807, 2.05) is 0 Å². The quantitative estimate of drug-likeness (QED) is 0.909. The molecule has 4 nitrogen and oxygen atoms in total. The van der Waals surface area contributed by atoms with Crippen LogP contribution < -0.4 is 0 Å². The number of hydrogen-bond acceptors (Lipinski definition) is 4. The van der Waals surface area contributed by atoms with E-state index in [1.54, 1.807) is 16.4 Å². The Morgan fingerprint density at radius 3 is 2.82 bits per heavy atom. The van der Waals surface area contributed by atoms with Crippen molar-refractivity contribution in [2.45, 2.75) is 30.6 Å². The third-order valence-corrected chi connectivity index (χ3v) is 6.62. The third kappa shape index (κ3) is 2.54. The van der Waals surface area contributed by atoms with Gasteiger partial charge < -0.3 is 5.11 Å². The monoisotopic (exact) mass is 275 g/mol. The smallest absolute Gasteiger partial charge is 0.252 e. The van der Waals surface area contributed by atoms with Crippen molar-refractivity contribution in [3.05, 3.63) is 17.0 Å². The maximum absolute atomic E-state index is 12.3. The van der Waals surface area contributed by atoms with Crippen molar-refractivity contribution < 1.29 is 13.5 Å². The van der Waals surface area contributed by atoms with Crippen LogP contribution in [-0.4, -0.2) is 30.9 Å². The number of sulfonamides is 1. The molecule has 6 heteroatoms. The summed E-state index contributed by atoms with van der Waals surface area (Å²) < 4.78 is 26.5. The fraction of sp³-hybridized carbons (Fsp3) is 0.636. The second kappa shape index (κ2) is 5.06. The lowest BCUT2D eigenvalue weighted by Crippen LogP contribution is -2.28. The molecule has 0 spiro atoms. The first kappa shape index (κ1) is 13.0. The van der Waals surface area contributed by atoms with Crippen LogP contribution in [0.1, 0.15) is 24.6 Å². The maximum Gasteiger partial charge on any atom is 0.252 e. The lowest BCUT2D eigenvalue weighted by molar-refractivity contribution is 0.285. The molecule has 0 saturated carbocycles. The molecular formula is C11H17NO3S2. The van der Waals surface area contributed by atoms with Gasteiger partial charge in [0, 0.05) is 18.0 Å². The fourth-order valence-corrected chi connectivity index (χ4v) is 4.96. The van der Waals surface area contributed by atoms with Crippen LogP contribution in [0.25, 0.3) is 0 Å². The topological polar surface area (TPSA) is 57.6 Å². The van der Waals surface area contributed by atoms with Crippen molar-refractivity contribution >= 4 is 21.4 Å². The van der Waals surface area contributed by atoms with Gasteiger partial charge in [-0.3, -0.25) is 0 Å². The molecule has 2 rings (SSSR count). The van der Waals surface area contributed by atoms with Gasteiger partial charge in [-0.2, -0.15) is 4.31 Å². The van der Waals surface area contributed by atoms with Crippen LogP contribution in [0.5, 0.6) is 0 Å². The summed E-state index contributed by atoms with van der Waals surface area (Å²) in [5.41, 5.74) is 0. The highest BCUT2D eigenvalue weighted by atomic mass is 32.2. The first-order valence-electron chi connectivity index (χ1n) is 5.77. The number of hydrogen-bond donors (Lipinski definition) is 1. The van der Waals surface area contributed by atoms with Crippen molar-refractivity contribution in [1.82, 2.24) is 4.31 Å². The van der Waals surface area contributed by atoms with E-state index in [9.17, 15) is 8.42 Å². The second-order valence-corrected chi connectivity index (χ2v) is 7.64. The first-order valence-corrected chi connectivity index (χ1v) is 8.03. The van der Waals surface area contributed by atoms with Crippen LogP contribution in [0.4, 0.5) is 0 Å². The van der Waals surface area contributed by atoms with Gasteiger partial charge in [-0.15, -0.1) is 11.3 Å². The Bertz CT molecular complexity index is 481. The van der Waals surface area contributed by atoms with Crippen molar-refractivity contribution in [1.29, 1.82) is 0 Å². The van der Waals surface area contributed by atoms with E-state index in [2.05, 4.69) is 6.92 Å². The molecule has 0 radical (unpaired) electrons. The van der Waals surface area contributed by atoms with E-state index in [0.717, 1.165) is 24.2 Å². The second-order valence-electron chi connectivity index (χ2n) is 4.30. The van der Waals surface area contributed by atoms with Gasteiger partial charge in [0.05, 0.1) is 6.61 Å². The van der Waals surface area contributed by atoms with E-state index in [4.69, 9.17) is 5.11 Å². The number of rotatable bonds is 4. The van der Waals surface area contributed by atoms with Gasteiger partial charge in [0.1, 0.15) is 4.21 Å². The fourth-order valence-electron chi connectivity index (χ4n) is 2.06. The molecule has 1 aliphatic rings. The van der Waals surface area contributed by atoms with Crippen LogP contribution >= 0.6 is 11.3 Å². The van der Waals surface area contributed by atoms with E-state index in [-0.39, 0.29) is 6.61 Å². The molecule has 0 amide bonds. The van der Waals surface area contributed by atoms with Crippen LogP contribution in [-0.2, 0) is 16.6 Å². The molecule has 96 valence electrons. The minimum absolute atomic E-state index is 0.0994. The summed E-state index contributed by atoms with van der Waals surface area (Å²) in [5, 5.41) is 8.96. The van der Waals surface area contributed by atoms with Gasteiger partial charge in [-0.05, 0) is 24.5 Å². The van der Waals surface area contributed by atoms with E-state index in [0.29, 0.717) is 28.1 Å². The van der Waals surface area contributed by atoms with E-state index < -0.39 is 10.0 Å². The SMILES string of the molecule is CCC1CCN(S(=O)(=O)c2ccc(CO)s2)C1. The van der Waals surface area contributed by atoms with Gasteiger partial charge in [0.2, 0.25) is 0 Å². The molecule has 0 aliphatic carbocycles. The summed E-state index contributed by atoms with van der Waals surface area (Å²) in [6, 6.07) is 3.26. The zero-order valence-corrected chi connectivity index (χ0v) is 11.4. The van der Waals surface area contributed by atoms with Gasteiger partial charge in [-0.25, -0.2) is 8.42 Å². The van der Waals surface area contributed by atoms with Gasteiger partial charge >= 0.3 is 0 Å². The summed E-state index contributed by atoms with van der Waals surface area (Å²) in [6.45, 7) is 3.24. The van der Waals surface area contributed by atoms with Crippen LogP contribution in [0.15, 0.2) is 16.3 Å².